The van der Waals surface area contributed by atoms with Crippen molar-refractivity contribution in [3.05, 3.63) is 65.8 Å². The number of anilines is 2. The van der Waals surface area contributed by atoms with Gasteiger partial charge in [0.15, 0.2) is 0 Å². The lowest BCUT2D eigenvalue weighted by atomic mass is 9.97. The van der Waals surface area contributed by atoms with Crippen molar-refractivity contribution in [3.63, 3.8) is 0 Å². The normalized spacial score (nSPS) is 13.9. The smallest absolute Gasteiger partial charge is 0.274 e. The van der Waals surface area contributed by atoms with Gasteiger partial charge in [0.2, 0.25) is 0 Å². The van der Waals surface area contributed by atoms with Crippen LogP contribution in [-0.2, 0) is 0 Å². The zero-order valence-electron chi connectivity index (χ0n) is 14.1. The number of pyridine rings is 1. The Labute approximate surface area is 147 Å². The summed E-state index contributed by atoms with van der Waals surface area (Å²) in [6.45, 7) is 0.870. The standard InChI is InChI=1S/C20H22FN3O/c21-16-6-8-17(9-7-16)24-20(25)19-11-10-18(14-23-19)22-13-12-15-4-2-1-3-5-15/h4,6-11,14,22H,1-3,5,12-13H2,(H,24,25). The summed E-state index contributed by atoms with van der Waals surface area (Å²) < 4.78 is 12.9. The highest BCUT2D eigenvalue weighted by Crippen LogP contribution is 2.20. The topological polar surface area (TPSA) is 54.0 Å². The van der Waals surface area contributed by atoms with Crippen LogP contribution in [0.2, 0.25) is 0 Å². The van der Waals surface area contributed by atoms with Gasteiger partial charge in [0, 0.05) is 12.2 Å². The van der Waals surface area contributed by atoms with E-state index in [1.54, 1.807) is 12.3 Å². The molecule has 25 heavy (non-hydrogen) atoms. The van der Waals surface area contributed by atoms with Crippen LogP contribution in [0.1, 0.15) is 42.6 Å². The lowest BCUT2D eigenvalue weighted by Crippen LogP contribution is -2.14. The summed E-state index contributed by atoms with van der Waals surface area (Å²) in [5.74, 6) is -0.652. The number of carbonyl (C=O) groups is 1. The molecule has 0 spiro atoms. The number of hydrogen-bond donors (Lipinski definition) is 2. The number of allylic oxidation sites excluding steroid dienone is 1. The Morgan fingerprint density at radius 1 is 1.08 bits per heavy atom. The minimum Gasteiger partial charge on any atom is -0.383 e. The fourth-order valence-corrected chi connectivity index (χ4v) is 2.86. The predicted molar refractivity (Wildman–Crippen MR) is 98.2 cm³/mol. The minimum absolute atomic E-state index is 0.314. The van der Waals surface area contributed by atoms with Gasteiger partial charge >= 0.3 is 0 Å². The lowest BCUT2D eigenvalue weighted by Gasteiger charge is -2.13. The maximum Gasteiger partial charge on any atom is 0.274 e. The molecule has 0 bridgehead atoms. The van der Waals surface area contributed by atoms with E-state index in [4.69, 9.17) is 0 Å². The highest BCUT2D eigenvalue weighted by atomic mass is 19.1. The van der Waals surface area contributed by atoms with Gasteiger partial charge < -0.3 is 10.6 Å². The molecule has 0 aliphatic heterocycles. The Morgan fingerprint density at radius 2 is 1.88 bits per heavy atom. The SMILES string of the molecule is O=C(Nc1ccc(F)cc1)c1ccc(NCCC2=CCCCC2)cn1. The second kappa shape index (κ2) is 8.42. The van der Waals surface area contributed by atoms with Gasteiger partial charge in [-0.25, -0.2) is 9.37 Å². The largest absolute Gasteiger partial charge is 0.383 e. The zero-order chi connectivity index (χ0) is 17.5. The van der Waals surface area contributed by atoms with Crippen LogP contribution in [0.4, 0.5) is 15.8 Å². The molecule has 130 valence electrons. The van der Waals surface area contributed by atoms with E-state index in [0.29, 0.717) is 11.4 Å². The maximum atomic E-state index is 12.9. The number of rotatable bonds is 6. The third-order valence-corrected chi connectivity index (χ3v) is 4.26. The summed E-state index contributed by atoms with van der Waals surface area (Å²) in [5.41, 5.74) is 3.29. The van der Waals surface area contributed by atoms with E-state index in [2.05, 4.69) is 21.7 Å². The van der Waals surface area contributed by atoms with Crippen LogP contribution < -0.4 is 10.6 Å². The number of nitrogens with one attached hydrogen (secondary N) is 2. The van der Waals surface area contributed by atoms with E-state index in [9.17, 15) is 9.18 Å². The van der Waals surface area contributed by atoms with Crippen molar-refractivity contribution in [2.45, 2.75) is 32.1 Å². The molecule has 1 aliphatic rings. The average molecular weight is 339 g/mol. The minimum atomic E-state index is -0.337. The summed E-state index contributed by atoms with van der Waals surface area (Å²) in [7, 11) is 0. The Hall–Kier alpha value is -2.69. The van der Waals surface area contributed by atoms with E-state index >= 15 is 0 Å². The van der Waals surface area contributed by atoms with Crippen LogP contribution in [0.15, 0.2) is 54.2 Å². The number of amides is 1. The van der Waals surface area contributed by atoms with Crippen molar-refractivity contribution in [2.75, 3.05) is 17.2 Å². The summed E-state index contributed by atoms with van der Waals surface area (Å²) in [5, 5.41) is 6.03. The van der Waals surface area contributed by atoms with Gasteiger partial charge in [-0.1, -0.05) is 11.6 Å². The molecular formula is C20H22FN3O. The van der Waals surface area contributed by atoms with Crippen LogP contribution in [0.3, 0.4) is 0 Å². The van der Waals surface area contributed by atoms with E-state index < -0.39 is 0 Å². The molecule has 3 rings (SSSR count). The van der Waals surface area contributed by atoms with Crippen molar-refractivity contribution in [1.29, 1.82) is 0 Å². The molecule has 4 nitrogen and oxygen atoms in total. The Balaban J connectivity index is 1.50. The van der Waals surface area contributed by atoms with Gasteiger partial charge in [-0.2, -0.15) is 0 Å². The number of hydrogen-bond acceptors (Lipinski definition) is 3. The summed E-state index contributed by atoms with van der Waals surface area (Å²) in [6.07, 6.45) is 10.1. The molecule has 5 heteroatoms. The summed E-state index contributed by atoms with van der Waals surface area (Å²) in [6, 6.07) is 9.17. The average Bonchev–Trinajstić information content (AvgIpc) is 2.65. The van der Waals surface area contributed by atoms with Crippen molar-refractivity contribution >= 4 is 17.3 Å². The number of aromatic nitrogens is 1. The van der Waals surface area contributed by atoms with E-state index in [1.165, 1.54) is 55.5 Å². The monoisotopic (exact) mass is 339 g/mol. The first kappa shape index (κ1) is 17.1. The van der Waals surface area contributed by atoms with Crippen molar-refractivity contribution in [3.8, 4) is 0 Å². The molecule has 2 aromatic rings. The first-order chi connectivity index (χ1) is 12.2. The van der Waals surface area contributed by atoms with Crippen molar-refractivity contribution < 1.29 is 9.18 Å². The number of benzene rings is 1. The van der Waals surface area contributed by atoms with Gasteiger partial charge in [-0.3, -0.25) is 4.79 Å². The second-order valence-corrected chi connectivity index (χ2v) is 6.18. The van der Waals surface area contributed by atoms with E-state index in [1.807, 2.05) is 6.07 Å². The second-order valence-electron chi connectivity index (χ2n) is 6.18. The third-order valence-electron chi connectivity index (χ3n) is 4.26. The highest BCUT2D eigenvalue weighted by Gasteiger charge is 2.08. The Bertz CT molecular complexity index is 739. The fourth-order valence-electron chi connectivity index (χ4n) is 2.86. The van der Waals surface area contributed by atoms with Crippen LogP contribution in [-0.4, -0.2) is 17.4 Å². The van der Waals surface area contributed by atoms with Crippen LogP contribution in [0.5, 0.6) is 0 Å². The zero-order valence-corrected chi connectivity index (χ0v) is 14.1. The molecule has 2 N–H and O–H groups in total. The highest BCUT2D eigenvalue weighted by molar-refractivity contribution is 6.02. The maximum absolute atomic E-state index is 12.9. The molecule has 0 unspecified atom stereocenters. The van der Waals surface area contributed by atoms with Crippen LogP contribution in [0.25, 0.3) is 0 Å². The summed E-state index contributed by atoms with van der Waals surface area (Å²) >= 11 is 0. The van der Waals surface area contributed by atoms with Crippen LogP contribution >= 0.6 is 0 Å². The Kier molecular flexibility index (Phi) is 5.77. The van der Waals surface area contributed by atoms with Crippen molar-refractivity contribution in [1.82, 2.24) is 4.98 Å². The molecule has 0 atom stereocenters. The van der Waals surface area contributed by atoms with Gasteiger partial charge in [0.1, 0.15) is 11.5 Å². The number of nitrogens with zero attached hydrogens (tertiary/aromatic N) is 1. The first-order valence-electron chi connectivity index (χ1n) is 8.65. The fraction of sp³-hybridized carbons (Fsp3) is 0.300. The molecular weight excluding hydrogens is 317 g/mol. The number of carbonyl (C=O) groups excluding carboxylic acids is 1. The molecule has 1 amide bonds. The van der Waals surface area contributed by atoms with Gasteiger partial charge in [-0.15, -0.1) is 0 Å². The third kappa shape index (κ3) is 5.14. The van der Waals surface area contributed by atoms with E-state index in [0.717, 1.165) is 18.7 Å². The Morgan fingerprint density at radius 3 is 2.56 bits per heavy atom. The molecule has 1 aliphatic carbocycles. The summed E-state index contributed by atoms with van der Waals surface area (Å²) in [4.78, 5) is 16.3. The van der Waals surface area contributed by atoms with Gasteiger partial charge in [0.25, 0.3) is 5.91 Å². The quantitative estimate of drug-likeness (QED) is 0.745. The molecule has 1 heterocycles. The van der Waals surface area contributed by atoms with Crippen LogP contribution in [0, 0.1) is 5.82 Å². The van der Waals surface area contributed by atoms with Crippen molar-refractivity contribution in [2.24, 2.45) is 0 Å². The van der Waals surface area contributed by atoms with Gasteiger partial charge in [0.05, 0.1) is 11.9 Å². The molecule has 1 aromatic heterocycles. The first-order valence-corrected chi connectivity index (χ1v) is 8.65. The number of halogens is 1. The van der Waals surface area contributed by atoms with E-state index in [-0.39, 0.29) is 11.7 Å². The molecule has 0 fully saturated rings. The molecule has 1 aromatic carbocycles. The molecule has 0 radical (unpaired) electrons. The molecule has 0 saturated carbocycles. The predicted octanol–water partition coefficient (Wildman–Crippen LogP) is 4.78. The lowest BCUT2D eigenvalue weighted by molar-refractivity contribution is 0.102. The molecule has 0 saturated heterocycles. The van der Waals surface area contributed by atoms with Gasteiger partial charge in [-0.05, 0) is 68.5 Å².